The lowest BCUT2D eigenvalue weighted by molar-refractivity contribution is 0.555. The third kappa shape index (κ3) is 1.97. The average Bonchev–Trinajstić information content (AvgIpc) is 2.64. The normalized spacial score (nSPS) is 12.5. The van der Waals surface area contributed by atoms with Crippen LogP contribution >= 0.6 is 0 Å². The lowest BCUT2D eigenvalue weighted by atomic mass is 10.0. The molecule has 5 heteroatoms. The van der Waals surface area contributed by atoms with Crippen molar-refractivity contribution in [2.24, 2.45) is 5.73 Å². The van der Waals surface area contributed by atoms with Crippen LogP contribution in [-0.4, -0.2) is 4.98 Å². The molecule has 0 aliphatic carbocycles. The van der Waals surface area contributed by atoms with E-state index in [9.17, 15) is 4.79 Å². The Balaban J connectivity index is 2.32. The monoisotopic (exact) mass is 217 g/mol. The first kappa shape index (κ1) is 10.5. The lowest BCUT2D eigenvalue weighted by Gasteiger charge is -2.09. The van der Waals surface area contributed by atoms with Crippen LogP contribution in [0, 0.1) is 11.3 Å². The summed E-state index contributed by atoms with van der Waals surface area (Å²) < 4.78 is 4.88. The Hall–Kier alpha value is -2.06. The van der Waals surface area contributed by atoms with E-state index in [0.29, 0.717) is 23.9 Å². The molecule has 0 fully saturated rings. The number of benzene rings is 1. The van der Waals surface area contributed by atoms with Gasteiger partial charge in [0.1, 0.15) is 0 Å². The molecule has 1 aromatic carbocycles. The molecule has 0 aliphatic heterocycles. The largest absolute Gasteiger partial charge is 0.417 e. The van der Waals surface area contributed by atoms with Crippen LogP contribution in [0.25, 0.3) is 11.1 Å². The molecule has 0 bridgehead atoms. The van der Waals surface area contributed by atoms with Crippen LogP contribution in [0.15, 0.2) is 27.4 Å². The smallest absolute Gasteiger partial charge is 0.408 e. The summed E-state index contributed by atoms with van der Waals surface area (Å²) in [5, 5.41) is 8.47. The van der Waals surface area contributed by atoms with Crippen molar-refractivity contribution in [3.8, 4) is 6.07 Å². The second-order valence-electron chi connectivity index (χ2n) is 3.57. The molecule has 1 atom stereocenters. The van der Waals surface area contributed by atoms with Gasteiger partial charge in [0, 0.05) is 12.5 Å². The second-order valence-corrected chi connectivity index (χ2v) is 3.57. The summed E-state index contributed by atoms with van der Waals surface area (Å²) >= 11 is 0. The quantitative estimate of drug-likeness (QED) is 0.812. The fourth-order valence-electron chi connectivity index (χ4n) is 1.59. The minimum absolute atomic E-state index is 0.192. The number of nitrogens with one attached hydrogen (secondary N) is 1. The average molecular weight is 217 g/mol. The van der Waals surface area contributed by atoms with Crippen LogP contribution < -0.4 is 11.5 Å². The van der Waals surface area contributed by atoms with Gasteiger partial charge in [-0.25, -0.2) is 4.79 Å². The van der Waals surface area contributed by atoms with E-state index in [4.69, 9.17) is 15.4 Å². The zero-order valence-electron chi connectivity index (χ0n) is 8.56. The Morgan fingerprint density at radius 3 is 3.12 bits per heavy atom. The number of hydrogen-bond acceptors (Lipinski definition) is 4. The fraction of sp³-hybridized carbons (Fsp3) is 0.273. The molecule has 1 heterocycles. The summed E-state index contributed by atoms with van der Waals surface area (Å²) in [6, 6.07) is 7.15. The highest BCUT2D eigenvalue weighted by molar-refractivity contribution is 5.72. The molecule has 0 spiro atoms. The Labute approximate surface area is 91.5 Å². The zero-order valence-corrected chi connectivity index (χ0v) is 8.56. The number of nitrogens with two attached hydrogens (primary N) is 1. The van der Waals surface area contributed by atoms with Gasteiger partial charge in [-0.3, -0.25) is 4.98 Å². The number of aromatic amines is 1. The number of fused-ring (bicyclic) bond motifs is 1. The van der Waals surface area contributed by atoms with Crippen molar-refractivity contribution in [3.63, 3.8) is 0 Å². The Morgan fingerprint density at radius 2 is 2.38 bits per heavy atom. The third-order valence-corrected chi connectivity index (χ3v) is 2.44. The third-order valence-electron chi connectivity index (χ3n) is 2.44. The number of H-pyrrole nitrogens is 1. The molecule has 0 amide bonds. The van der Waals surface area contributed by atoms with Crippen molar-refractivity contribution >= 4 is 11.1 Å². The molecular weight excluding hydrogens is 206 g/mol. The van der Waals surface area contributed by atoms with Crippen molar-refractivity contribution in [1.29, 1.82) is 5.26 Å². The van der Waals surface area contributed by atoms with E-state index >= 15 is 0 Å². The zero-order chi connectivity index (χ0) is 11.5. The van der Waals surface area contributed by atoms with E-state index in [-0.39, 0.29) is 6.04 Å². The molecule has 3 N–H and O–H groups in total. The summed E-state index contributed by atoms with van der Waals surface area (Å²) in [4.78, 5) is 13.5. The summed E-state index contributed by atoms with van der Waals surface area (Å²) in [5.41, 5.74) is 7.94. The fourth-order valence-corrected chi connectivity index (χ4v) is 1.59. The molecule has 2 rings (SSSR count). The van der Waals surface area contributed by atoms with Crippen LogP contribution in [0.1, 0.15) is 24.4 Å². The van der Waals surface area contributed by atoms with E-state index in [1.807, 2.05) is 0 Å². The Morgan fingerprint density at radius 1 is 1.56 bits per heavy atom. The van der Waals surface area contributed by atoms with Crippen LogP contribution in [-0.2, 0) is 0 Å². The first-order valence-electron chi connectivity index (χ1n) is 4.96. The Kier molecular flexibility index (Phi) is 2.75. The summed E-state index contributed by atoms with van der Waals surface area (Å²) in [6.07, 6.45) is 1.02. The van der Waals surface area contributed by atoms with Gasteiger partial charge in [0.05, 0.1) is 11.6 Å². The second kappa shape index (κ2) is 4.21. The molecule has 1 aromatic heterocycles. The topological polar surface area (TPSA) is 95.8 Å². The molecule has 5 nitrogen and oxygen atoms in total. The number of oxazole rings is 1. The predicted molar refractivity (Wildman–Crippen MR) is 58.6 cm³/mol. The molecule has 1 unspecified atom stereocenters. The SMILES string of the molecule is N#CCCC(N)c1ccc2oc(=O)[nH]c2c1. The Bertz CT molecular complexity index is 591. The maximum Gasteiger partial charge on any atom is 0.417 e. The van der Waals surface area contributed by atoms with Crippen molar-refractivity contribution in [3.05, 3.63) is 34.3 Å². The highest BCUT2D eigenvalue weighted by Gasteiger charge is 2.08. The summed E-state index contributed by atoms with van der Waals surface area (Å²) in [7, 11) is 0. The minimum Gasteiger partial charge on any atom is -0.408 e. The van der Waals surface area contributed by atoms with E-state index in [1.54, 1.807) is 18.2 Å². The molecule has 0 saturated carbocycles. The highest BCUT2D eigenvalue weighted by atomic mass is 16.4. The van der Waals surface area contributed by atoms with Gasteiger partial charge in [-0.1, -0.05) is 6.07 Å². The van der Waals surface area contributed by atoms with Gasteiger partial charge in [0.25, 0.3) is 0 Å². The van der Waals surface area contributed by atoms with Gasteiger partial charge in [0.2, 0.25) is 0 Å². The molecule has 82 valence electrons. The van der Waals surface area contributed by atoms with E-state index < -0.39 is 5.76 Å². The van der Waals surface area contributed by atoms with Gasteiger partial charge in [-0.05, 0) is 24.1 Å². The van der Waals surface area contributed by atoms with Crippen LogP contribution in [0.2, 0.25) is 0 Å². The van der Waals surface area contributed by atoms with Crippen molar-refractivity contribution in [1.82, 2.24) is 4.98 Å². The molecule has 2 aromatic rings. The predicted octanol–water partition coefficient (Wildman–Crippen LogP) is 1.42. The van der Waals surface area contributed by atoms with Gasteiger partial charge < -0.3 is 10.2 Å². The van der Waals surface area contributed by atoms with Gasteiger partial charge in [-0.15, -0.1) is 0 Å². The minimum atomic E-state index is -0.474. The van der Waals surface area contributed by atoms with E-state index in [2.05, 4.69) is 11.1 Å². The summed E-state index contributed by atoms with van der Waals surface area (Å²) in [5.74, 6) is -0.474. The summed E-state index contributed by atoms with van der Waals surface area (Å²) in [6.45, 7) is 0. The first-order valence-corrected chi connectivity index (χ1v) is 4.96. The molecule has 16 heavy (non-hydrogen) atoms. The van der Waals surface area contributed by atoms with Crippen molar-refractivity contribution in [2.75, 3.05) is 0 Å². The van der Waals surface area contributed by atoms with Crippen molar-refractivity contribution in [2.45, 2.75) is 18.9 Å². The number of nitrogens with zero attached hydrogens (tertiary/aromatic N) is 1. The molecule has 0 aliphatic rings. The number of hydrogen-bond donors (Lipinski definition) is 2. The number of nitriles is 1. The van der Waals surface area contributed by atoms with Crippen LogP contribution in [0.5, 0.6) is 0 Å². The van der Waals surface area contributed by atoms with Gasteiger partial charge >= 0.3 is 5.76 Å². The van der Waals surface area contributed by atoms with Gasteiger partial charge in [0.15, 0.2) is 5.58 Å². The van der Waals surface area contributed by atoms with E-state index in [1.165, 1.54) is 0 Å². The standard InChI is InChI=1S/C11H11N3O2/c12-5-1-2-8(13)7-3-4-10-9(6-7)14-11(15)16-10/h3-4,6,8H,1-2,13H2,(H,14,15). The lowest BCUT2D eigenvalue weighted by Crippen LogP contribution is -2.09. The molecule has 0 saturated heterocycles. The maximum absolute atomic E-state index is 10.9. The first-order chi connectivity index (χ1) is 7.70. The van der Waals surface area contributed by atoms with E-state index in [0.717, 1.165) is 5.56 Å². The van der Waals surface area contributed by atoms with Crippen LogP contribution in [0.3, 0.4) is 0 Å². The van der Waals surface area contributed by atoms with Gasteiger partial charge in [-0.2, -0.15) is 5.26 Å². The maximum atomic E-state index is 10.9. The van der Waals surface area contributed by atoms with Crippen LogP contribution in [0.4, 0.5) is 0 Å². The number of aromatic nitrogens is 1. The highest BCUT2D eigenvalue weighted by Crippen LogP contribution is 2.19. The molecular formula is C11H11N3O2. The van der Waals surface area contributed by atoms with Crippen molar-refractivity contribution < 1.29 is 4.42 Å². The molecule has 0 radical (unpaired) electrons. The number of rotatable bonds is 3.